The van der Waals surface area contributed by atoms with Crippen molar-refractivity contribution >= 4 is 5.82 Å². The van der Waals surface area contributed by atoms with Crippen LogP contribution in [0, 0.1) is 5.92 Å². The highest BCUT2D eigenvalue weighted by atomic mass is 15.3. The molecule has 0 aliphatic carbocycles. The van der Waals surface area contributed by atoms with Crippen LogP contribution < -0.4 is 5.73 Å². The molecule has 4 nitrogen and oxygen atoms in total. The molecule has 0 bridgehead atoms. The van der Waals surface area contributed by atoms with Gasteiger partial charge in [-0.05, 0) is 32.0 Å². The fourth-order valence-electron chi connectivity index (χ4n) is 1.76. The second kappa shape index (κ2) is 6.53. The third kappa shape index (κ3) is 4.66. The van der Waals surface area contributed by atoms with E-state index in [-0.39, 0.29) is 0 Å². The number of nitrogens with zero attached hydrogens (tertiary/aromatic N) is 3. The molecule has 0 amide bonds. The predicted molar refractivity (Wildman–Crippen MR) is 68.2 cm³/mol. The van der Waals surface area contributed by atoms with Crippen LogP contribution in [0.25, 0.3) is 0 Å². The molecule has 0 aromatic carbocycles. The summed E-state index contributed by atoms with van der Waals surface area (Å²) in [4.78, 5) is 2.39. The summed E-state index contributed by atoms with van der Waals surface area (Å²) < 4.78 is 1.91. The molecule has 16 heavy (non-hydrogen) atoms. The Bertz CT molecular complexity index is 295. The topological polar surface area (TPSA) is 47.1 Å². The van der Waals surface area contributed by atoms with Crippen LogP contribution in [-0.2, 0) is 6.54 Å². The number of anilines is 1. The first-order chi connectivity index (χ1) is 7.61. The maximum absolute atomic E-state index is 5.55. The molecule has 1 aromatic heterocycles. The quantitative estimate of drug-likeness (QED) is 0.768. The van der Waals surface area contributed by atoms with Crippen LogP contribution in [0.5, 0.6) is 0 Å². The van der Waals surface area contributed by atoms with E-state index in [2.05, 4.69) is 30.9 Å². The Morgan fingerprint density at radius 2 is 2.31 bits per heavy atom. The van der Waals surface area contributed by atoms with E-state index in [1.54, 1.807) is 0 Å². The van der Waals surface area contributed by atoms with E-state index in [1.807, 2.05) is 16.9 Å². The first-order valence-electron chi connectivity index (χ1n) is 6.09. The number of hydrogen-bond donors (Lipinski definition) is 1. The van der Waals surface area contributed by atoms with E-state index in [1.165, 1.54) is 13.0 Å². The van der Waals surface area contributed by atoms with Gasteiger partial charge in [-0.2, -0.15) is 5.10 Å². The highest BCUT2D eigenvalue weighted by Crippen LogP contribution is 2.03. The molecule has 0 saturated heterocycles. The van der Waals surface area contributed by atoms with E-state index in [0.717, 1.165) is 25.4 Å². The minimum absolute atomic E-state index is 0.605. The summed E-state index contributed by atoms with van der Waals surface area (Å²) in [6, 6.07) is 1.84. The van der Waals surface area contributed by atoms with Gasteiger partial charge < -0.3 is 10.6 Å². The molecule has 1 atom stereocenters. The number of nitrogen functional groups attached to an aromatic ring is 1. The lowest BCUT2D eigenvalue weighted by molar-refractivity contribution is 0.273. The summed E-state index contributed by atoms with van der Waals surface area (Å²) in [5, 5.41) is 4.16. The van der Waals surface area contributed by atoms with Crippen LogP contribution in [-0.4, -0.2) is 34.8 Å². The standard InChI is InChI=1S/C12H24N4/c1-4-11(2)10-15(3)7-5-8-16-9-6-12(13)14-16/h6,9,11H,4-5,7-8,10H2,1-3H3,(H2,13,14). The van der Waals surface area contributed by atoms with Crippen molar-refractivity contribution in [3.8, 4) is 0 Å². The fourth-order valence-corrected chi connectivity index (χ4v) is 1.76. The zero-order valence-corrected chi connectivity index (χ0v) is 10.7. The summed E-state index contributed by atoms with van der Waals surface area (Å²) in [6.07, 6.45) is 4.30. The minimum atomic E-state index is 0.605. The van der Waals surface area contributed by atoms with Crippen LogP contribution >= 0.6 is 0 Å². The van der Waals surface area contributed by atoms with Gasteiger partial charge in [-0.1, -0.05) is 20.3 Å². The van der Waals surface area contributed by atoms with Crippen LogP contribution in [0.3, 0.4) is 0 Å². The molecular weight excluding hydrogens is 200 g/mol. The van der Waals surface area contributed by atoms with Crippen molar-refractivity contribution in [3.63, 3.8) is 0 Å². The van der Waals surface area contributed by atoms with Gasteiger partial charge in [0.05, 0.1) is 0 Å². The average molecular weight is 224 g/mol. The van der Waals surface area contributed by atoms with Gasteiger partial charge in [0.1, 0.15) is 5.82 Å². The smallest absolute Gasteiger partial charge is 0.145 e. The lowest BCUT2D eigenvalue weighted by Gasteiger charge is -2.20. The summed E-state index contributed by atoms with van der Waals surface area (Å²) in [6.45, 7) is 7.78. The molecule has 1 aromatic rings. The third-order valence-electron chi connectivity index (χ3n) is 2.91. The Kier molecular flexibility index (Phi) is 5.32. The van der Waals surface area contributed by atoms with E-state index in [0.29, 0.717) is 5.82 Å². The molecule has 0 fully saturated rings. The first-order valence-corrected chi connectivity index (χ1v) is 6.09. The minimum Gasteiger partial charge on any atom is -0.382 e. The molecule has 0 saturated carbocycles. The van der Waals surface area contributed by atoms with Crippen molar-refractivity contribution in [1.82, 2.24) is 14.7 Å². The van der Waals surface area contributed by atoms with Crippen molar-refractivity contribution in [2.75, 3.05) is 25.9 Å². The number of aryl methyl sites for hydroxylation is 1. The van der Waals surface area contributed by atoms with Crippen molar-refractivity contribution in [2.45, 2.75) is 33.2 Å². The zero-order valence-electron chi connectivity index (χ0n) is 10.7. The highest BCUT2D eigenvalue weighted by molar-refractivity contribution is 5.23. The normalized spacial score (nSPS) is 13.2. The molecular formula is C12H24N4. The van der Waals surface area contributed by atoms with Crippen molar-refractivity contribution < 1.29 is 0 Å². The molecule has 1 rings (SSSR count). The molecule has 4 heteroatoms. The Morgan fingerprint density at radius 1 is 1.56 bits per heavy atom. The van der Waals surface area contributed by atoms with E-state index in [4.69, 9.17) is 5.73 Å². The highest BCUT2D eigenvalue weighted by Gasteiger charge is 2.04. The Morgan fingerprint density at radius 3 is 2.88 bits per heavy atom. The lowest BCUT2D eigenvalue weighted by atomic mass is 10.1. The van der Waals surface area contributed by atoms with Crippen LogP contribution in [0.15, 0.2) is 12.3 Å². The van der Waals surface area contributed by atoms with Crippen molar-refractivity contribution in [1.29, 1.82) is 0 Å². The molecule has 1 heterocycles. The van der Waals surface area contributed by atoms with Gasteiger partial charge in [-0.3, -0.25) is 4.68 Å². The van der Waals surface area contributed by atoms with Crippen molar-refractivity contribution in [2.24, 2.45) is 5.92 Å². The molecule has 0 spiro atoms. The van der Waals surface area contributed by atoms with Gasteiger partial charge in [0.15, 0.2) is 0 Å². The van der Waals surface area contributed by atoms with Crippen molar-refractivity contribution in [3.05, 3.63) is 12.3 Å². The van der Waals surface area contributed by atoms with Gasteiger partial charge in [0.2, 0.25) is 0 Å². The van der Waals surface area contributed by atoms with E-state index in [9.17, 15) is 0 Å². The molecule has 1 unspecified atom stereocenters. The largest absolute Gasteiger partial charge is 0.382 e. The van der Waals surface area contributed by atoms with Crippen LogP contribution in [0.1, 0.15) is 26.7 Å². The Labute approximate surface area is 98.4 Å². The van der Waals surface area contributed by atoms with E-state index < -0.39 is 0 Å². The summed E-state index contributed by atoms with van der Waals surface area (Å²) in [7, 11) is 2.18. The second-order valence-corrected chi connectivity index (χ2v) is 4.63. The second-order valence-electron chi connectivity index (χ2n) is 4.63. The Hall–Kier alpha value is -1.03. The molecule has 0 aliphatic heterocycles. The number of hydrogen-bond acceptors (Lipinski definition) is 3. The molecule has 0 aliphatic rings. The monoisotopic (exact) mass is 224 g/mol. The zero-order chi connectivity index (χ0) is 12.0. The molecule has 0 radical (unpaired) electrons. The Balaban J connectivity index is 2.15. The van der Waals surface area contributed by atoms with Gasteiger partial charge in [0, 0.05) is 19.3 Å². The predicted octanol–water partition coefficient (Wildman–Crippen LogP) is 1.83. The van der Waals surface area contributed by atoms with Gasteiger partial charge in [-0.15, -0.1) is 0 Å². The lowest BCUT2D eigenvalue weighted by Crippen LogP contribution is -2.26. The fraction of sp³-hybridized carbons (Fsp3) is 0.750. The summed E-state index contributed by atoms with van der Waals surface area (Å²) in [5.74, 6) is 1.39. The third-order valence-corrected chi connectivity index (χ3v) is 2.91. The van der Waals surface area contributed by atoms with Gasteiger partial charge in [-0.25, -0.2) is 0 Å². The SMILES string of the molecule is CCC(C)CN(C)CCCn1ccc(N)n1. The maximum atomic E-state index is 5.55. The summed E-state index contributed by atoms with van der Waals surface area (Å²) in [5.41, 5.74) is 5.55. The van der Waals surface area contributed by atoms with Crippen LogP contribution in [0.4, 0.5) is 5.82 Å². The number of rotatable bonds is 7. The van der Waals surface area contributed by atoms with Gasteiger partial charge >= 0.3 is 0 Å². The van der Waals surface area contributed by atoms with Gasteiger partial charge in [0.25, 0.3) is 0 Å². The van der Waals surface area contributed by atoms with E-state index >= 15 is 0 Å². The number of aromatic nitrogens is 2. The maximum Gasteiger partial charge on any atom is 0.145 e. The first kappa shape index (κ1) is 13.0. The molecule has 92 valence electrons. The molecule has 2 N–H and O–H groups in total. The average Bonchev–Trinajstić information content (AvgIpc) is 2.64. The summed E-state index contributed by atoms with van der Waals surface area (Å²) >= 11 is 0. The van der Waals surface area contributed by atoms with Crippen LogP contribution in [0.2, 0.25) is 0 Å². The number of nitrogens with two attached hydrogens (primary N) is 1.